The third kappa shape index (κ3) is 7.31. The third-order valence-corrected chi connectivity index (χ3v) is 3.28. The number of hydrogen-bond donors (Lipinski definition) is 4. The lowest BCUT2D eigenvalue weighted by Crippen LogP contribution is -2.45. The molecular weight excluding hydrogens is 292 g/mol. The molecule has 0 amide bonds. The molecule has 0 heterocycles. The molecule has 4 N–H and O–H groups in total. The standard InChI is InChI=1S/C11H18O8S/c1-2-3-4-20-6-7(9(14)15)19-10(16)11(17,18)5-8(12)13/h7,17-18H,2-6H2,1H3,(H,12,13)(H,14,15). The number of carbonyl (C=O) groups excluding carboxylic acids is 1. The monoisotopic (exact) mass is 310 g/mol. The Bertz CT molecular complexity index is 354. The molecule has 8 nitrogen and oxygen atoms in total. The number of carbonyl (C=O) groups is 3. The summed E-state index contributed by atoms with van der Waals surface area (Å²) in [7, 11) is 0. The molecule has 0 aliphatic rings. The van der Waals surface area contributed by atoms with E-state index in [4.69, 9.17) is 10.2 Å². The van der Waals surface area contributed by atoms with Crippen LogP contribution in [0.25, 0.3) is 0 Å². The average molecular weight is 310 g/mol. The molecule has 0 aromatic heterocycles. The number of thioether (sulfide) groups is 1. The second kappa shape index (κ2) is 8.77. The Morgan fingerprint density at radius 2 is 1.85 bits per heavy atom. The SMILES string of the molecule is CCCCSCC(OC(=O)C(O)(O)CC(=O)O)C(=O)O. The van der Waals surface area contributed by atoms with Crippen molar-refractivity contribution >= 4 is 29.7 Å². The summed E-state index contributed by atoms with van der Waals surface area (Å²) in [5.74, 6) is -7.37. The smallest absolute Gasteiger partial charge is 0.367 e. The molecule has 0 bridgehead atoms. The first-order valence-corrected chi connectivity index (χ1v) is 7.04. The third-order valence-electron chi connectivity index (χ3n) is 2.16. The number of carboxylic acids is 2. The van der Waals surface area contributed by atoms with E-state index in [1.54, 1.807) is 0 Å². The lowest BCUT2D eigenvalue weighted by atomic mass is 10.2. The predicted octanol–water partition coefficient (Wildman–Crippen LogP) is -0.328. The Morgan fingerprint density at radius 3 is 2.30 bits per heavy atom. The van der Waals surface area contributed by atoms with Crippen LogP contribution < -0.4 is 0 Å². The summed E-state index contributed by atoms with van der Waals surface area (Å²) >= 11 is 1.24. The number of hydrogen-bond acceptors (Lipinski definition) is 7. The molecule has 0 aliphatic heterocycles. The zero-order valence-electron chi connectivity index (χ0n) is 10.9. The van der Waals surface area contributed by atoms with Crippen LogP contribution in [-0.2, 0) is 19.1 Å². The van der Waals surface area contributed by atoms with Gasteiger partial charge in [0.15, 0.2) is 0 Å². The van der Waals surface area contributed by atoms with Gasteiger partial charge < -0.3 is 25.2 Å². The molecule has 0 spiro atoms. The Morgan fingerprint density at radius 1 is 1.25 bits per heavy atom. The number of unbranched alkanes of at least 4 members (excludes halogenated alkanes) is 1. The van der Waals surface area contributed by atoms with Crippen LogP contribution in [0.5, 0.6) is 0 Å². The molecule has 116 valence electrons. The lowest BCUT2D eigenvalue weighted by Gasteiger charge is -2.20. The van der Waals surface area contributed by atoms with Crippen molar-refractivity contribution in [3.8, 4) is 0 Å². The summed E-state index contributed by atoms with van der Waals surface area (Å²) < 4.78 is 4.44. The molecule has 0 fully saturated rings. The molecule has 0 saturated carbocycles. The molecular formula is C11H18O8S. The molecule has 0 radical (unpaired) electrons. The fourth-order valence-corrected chi connectivity index (χ4v) is 2.18. The van der Waals surface area contributed by atoms with E-state index in [9.17, 15) is 24.6 Å². The first-order chi connectivity index (χ1) is 9.20. The molecule has 9 heteroatoms. The number of aliphatic hydroxyl groups is 2. The molecule has 0 aliphatic carbocycles. The summed E-state index contributed by atoms with van der Waals surface area (Å²) in [5, 5.41) is 35.6. The van der Waals surface area contributed by atoms with E-state index in [0.717, 1.165) is 12.8 Å². The van der Waals surface area contributed by atoms with E-state index >= 15 is 0 Å². The minimum absolute atomic E-state index is 0.0514. The van der Waals surface area contributed by atoms with Gasteiger partial charge in [0, 0.05) is 5.75 Å². The average Bonchev–Trinajstić information content (AvgIpc) is 2.30. The largest absolute Gasteiger partial charge is 0.481 e. The van der Waals surface area contributed by atoms with Crippen LogP contribution in [0.4, 0.5) is 0 Å². The van der Waals surface area contributed by atoms with E-state index in [1.165, 1.54) is 11.8 Å². The van der Waals surface area contributed by atoms with Gasteiger partial charge in [-0.25, -0.2) is 9.59 Å². The molecule has 1 unspecified atom stereocenters. The van der Waals surface area contributed by atoms with Crippen molar-refractivity contribution in [2.45, 2.75) is 38.1 Å². The summed E-state index contributed by atoms with van der Waals surface area (Å²) in [6.45, 7) is 1.97. The van der Waals surface area contributed by atoms with Crippen LogP contribution >= 0.6 is 11.8 Å². The second-order valence-electron chi connectivity index (χ2n) is 4.05. The summed E-state index contributed by atoms with van der Waals surface area (Å²) in [6.07, 6.45) is -1.05. The van der Waals surface area contributed by atoms with Gasteiger partial charge in [-0.05, 0) is 12.2 Å². The van der Waals surface area contributed by atoms with E-state index in [1.807, 2.05) is 6.92 Å². The number of carboxylic acid groups (broad SMARTS) is 2. The van der Waals surface area contributed by atoms with E-state index in [-0.39, 0.29) is 5.75 Å². The first-order valence-electron chi connectivity index (χ1n) is 5.89. The van der Waals surface area contributed by atoms with Gasteiger partial charge in [0.1, 0.15) is 6.42 Å². The minimum atomic E-state index is -3.24. The lowest BCUT2D eigenvalue weighted by molar-refractivity contribution is -0.218. The zero-order chi connectivity index (χ0) is 15.8. The van der Waals surface area contributed by atoms with Crippen molar-refractivity contribution in [3.63, 3.8) is 0 Å². The van der Waals surface area contributed by atoms with Crippen LogP contribution in [0.3, 0.4) is 0 Å². The van der Waals surface area contributed by atoms with E-state index in [2.05, 4.69) is 4.74 Å². The zero-order valence-corrected chi connectivity index (χ0v) is 11.8. The number of esters is 1. The fraction of sp³-hybridized carbons (Fsp3) is 0.727. The van der Waals surface area contributed by atoms with Crippen molar-refractivity contribution in [2.24, 2.45) is 0 Å². The normalized spacial score (nSPS) is 12.8. The van der Waals surface area contributed by atoms with Gasteiger partial charge in [-0.15, -0.1) is 0 Å². The van der Waals surface area contributed by atoms with Crippen LogP contribution in [0.1, 0.15) is 26.2 Å². The van der Waals surface area contributed by atoms with Crippen LogP contribution in [0, 0.1) is 0 Å². The van der Waals surface area contributed by atoms with Crippen molar-refractivity contribution in [1.29, 1.82) is 0 Å². The second-order valence-corrected chi connectivity index (χ2v) is 5.20. The number of aliphatic carboxylic acids is 2. The van der Waals surface area contributed by atoms with Crippen LogP contribution in [-0.4, -0.2) is 61.7 Å². The quantitative estimate of drug-likeness (QED) is 0.242. The Kier molecular flexibility index (Phi) is 8.19. The van der Waals surface area contributed by atoms with E-state index in [0.29, 0.717) is 5.75 Å². The van der Waals surface area contributed by atoms with Crippen molar-refractivity contribution in [3.05, 3.63) is 0 Å². The van der Waals surface area contributed by atoms with E-state index < -0.39 is 36.2 Å². The Balaban J connectivity index is 4.47. The Labute approximate surface area is 119 Å². The summed E-state index contributed by atoms with van der Waals surface area (Å²) in [4.78, 5) is 32.6. The predicted molar refractivity (Wildman–Crippen MR) is 69.2 cm³/mol. The van der Waals surface area contributed by atoms with Gasteiger partial charge in [-0.1, -0.05) is 13.3 Å². The van der Waals surface area contributed by atoms with Crippen LogP contribution in [0.2, 0.25) is 0 Å². The van der Waals surface area contributed by atoms with Crippen molar-refractivity contribution in [1.82, 2.24) is 0 Å². The van der Waals surface area contributed by atoms with Crippen LogP contribution in [0.15, 0.2) is 0 Å². The molecule has 0 aromatic carbocycles. The number of rotatable bonds is 10. The Hall–Kier alpha value is -1.32. The maximum absolute atomic E-state index is 11.3. The first kappa shape index (κ1) is 18.7. The maximum Gasteiger partial charge on any atom is 0.367 e. The molecule has 1 atom stereocenters. The van der Waals surface area contributed by atoms with Gasteiger partial charge in [0.25, 0.3) is 5.79 Å². The highest BCUT2D eigenvalue weighted by Gasteiger charge is 2.40. The highest BCUT2D eigenvalue weighted by atomic mass is 32.2. The molecule has 0 saturated heterocycles. The van der Waals surface area contributed by atoms with Gasteiger partial charge in [0.2, 0.25) is 6.10 Å². The molecule has 20 heavy (non-hydrogen) atoms. The van der Waals surface area contributed by atoms with Crippen molar-refractivity contribution in [2.75, 3.05) is 11.5 Å². The van der Waals surface area contributed by atoms with Gasteiger partial charge in [0.05, 0.1) is 0 Å². The van der Waals surface area contributed by atoms with Gasteiger partial charge in [-0.3, -0.25) is 4.79 Å². The van der Waals surface area contributed by atoms with Gasteiger partial charge >= 0.3 is 17.9 Å². The van der Waals surface area contributed by atoms with Crippen molar-refractivity contribution < 1.29 is 39.5 Å². The van der Waals surface area contributed by atoms with Gasteiger partial charge in [-0.2, -0.15) is 11.8 Å². The number of ether oxygens (including phenoxy) is 1. The summed E-state index contributed by atoms with van der Waals surface area (Å²) in [5.41, 5.74) is 0. The molecule has 0 aromatic rings. The molecule has 0 rings (SSSR count). The fourth-order valence-electron chi connectivity index (χ4n) is 1.10. The highest BCUT2D eigenvalue weighted by molar-refractivity contribution is 7.99. The topological polar surface area (TPSA) is 141 Å². The maximum atomic E-state index is 11.3. The minimum Gasteiger partial charge on any atom is -0.481 e. The highest BCUT2D eigenvalue weighted by Crippen LogP contribution is 2.14. The summed E-state index contributed by atoms with van der Waals surface area (Å²) in [6, 6.07) is 0.